The molecule has 0 saturated carbocycles. The van der Waals surface area contributed by atoms with Crippen LogP contribution in [-0.2, 0) is 0 Å². The number of benzene rings is 1. The molecule has 1 aromatic carbocycles. The van der Waals surface area contributed by atoms with Crippen molar-refractivity contribution in [2.45, 2.75) is 19.2 Å². The summed E-state index contributed by atoms with van der Waals surface area (Å²) in [5.41, 5.74) is 2.79. The normalized spacial score (nSPS) is 12.8. The van der Waals surface area contributed by atoms with E-state index >= 15 is 0 Å². The molecule has 0 aliphatic heterocycles. The third kappa shape index (κ3) is 2.49. The maximum atomic E-state index is 13.6. The number of hydrogen-bond acceptors (Lipinski definition) is 2. The highest BCUT2D eigenvalue weighted by Crippen LogP contribution is 2.31. The lowest BCUT2D eigenvalue weighted by molar-refractivity contribution is 0.626. The quantitative estimate of drug-likeness (QED) is 0.633. The number of aromatic nitrogens is 3. The molecule has 0 saturated heterocycles. The van der Waals surface area contributed by atoms with Crippen molar-refractivity contribution in [1.29, 1.82) is 0 Å². The molecule has 2 heterocycles. The molecule has 3 aromatic rings. The molecule has 2 aromatic heterocycles. The molecule has 3 rings (SSSR count). The van der Waals surface area contributed by atoms with Gasteiger partial charge in [-0.2, -0.15) is 0 Å². The number of imidazole rings is 1. The topological polar surface area (TPSA) is 30.7 Å². The van der Waals surface area contributed by atoms with Crippen molar-refractivity contribution < 1.29 is 4.39 Å². The fourth-order valence-corrected chi connectivity index (χ4v) is 2.59. The van der Waals surface area contributed by atoms with Gasteiger partial charge in [-0.3, -0.25) is 4.57 Å². The number of rotatable bonds is 2. The Morgan fingerprint density at radius 3 is 2.76 bits per heavy atom. The third-order valence-electron chi connectivity index (χ3n) is 3.16. The summed E-state index contributed by atoms with van der Waals surface area (Å²) >= 11 is 12.4. The Hall–Kier alpha value is -1.65. The second-order valence-corrected chi connectivity index (χ2v) is 5.93. The van der Waals surface area contributed by atoms with E-state index in [1.54, 1.807) is 17.7 Å². The number of nitrogens with zero attached hydrogens (tertiary/aromatic N) is 3. The summed E-state index contributed by atoms with van der Waals surface area (Å²) in [5.74, 6) is 0.203. The van der Waals surface area contributed by atoms with Gasteiger partial charge in [-0.15, -0.1) is 11.6 Å². The van der Waals surface area contributed by atoms with Crippen LogP contribution in [0.15, 0.2) is 30.5 Å². The maximum absolute atomic E-state index is 13.6. The van der Waals surface area contributed by atoms with Gasteiger partial charge in [-0.25, -0.2) is 14.4 Å². The van der Waals surface area contributed by atoms with Gasteiger partial charge < -0.3 is 0 Å². The highest BCUT2D eigenvalue weighted by atomic mass is 35.5. The van der Waals surface area contributed by atoms with E-state index in [-0.39, 0.29) is 11.2 Å². The highest BCUT2D eigenvalue weighted by molar-refractivity contribution is 6.32. The number of halogens is 3. The molecule has 1 atom stereocenters. The van der Waals surface area contributed by atoms with Crippen LogP contribution in [0.3, 0.4) is 0 Å². The molecular formula is C15H12Cl2FN3. The van der Waals surface area contributed by atoms with E-state index in [1.807, 2.05) is 13.0 Å². The van der Waals surface area contributed by atoms with E-state index in [1.165, 1.54) is 18.2 Å². The molecule has 0 bridgehead atoms. The number of alkyl halides is 1. The first-order valence-electron chi connectivity index (χ1n) is 6.42. The van der Waals surface area contributed by atoms with Crippen LogP contribution in [0.1, 0.15) is 23.7 Å². The summed E-state index contributed by atoms with van der Waals surface area (Å²) in [7, 11) is 0. The zero-order valence-corrected chi connectivity index (χ0v) is 13.0. The molecule has 0 aliphatic rings. The Bertz CT molecular complexity index is 827. The number of pyridine rings is 1. The average molecular weight is 324 g/mol. The lowest BCUT2D eigenvalue weighted by atomic mass is 10.3. The van der Waals surface area contributed by atoms with Gasteiger partial charge in [0.1, 0.15) is 17.2 Å². The van der Waals surface area contributed by atoms with Gasteiger partial charge >= 0.3 is 0 Å². The van der Waals surface area contributed by atoms with Crippen molar-refractivity contribution in [1.82, 2.24) is 14.5 Å². The van der Waals surface area contributed by atoms with Gasteiger partial charge in [0.2, 0.25) is 0 Å². The van der Waals surface area contributed by atoms with Gasteiger partial charge in [0.05, 0.1) is 16.1 Å². The van der Waals surface area contributed by atoms with Gasteiger partial charge in [0.15, 0.2) is 5.65 Å². The zero-order valence-electron chi connectivity index (χ0n) is 11.4. The van der Waals surface area contributed by atoms with Crippen molar-refractivity contribution in [2.75, 3.05) is 0 Å². The van der Waals surface area contributed by atoms with Crippen molar-refractivity contribution >= 4 is 34.4 Å². The van der Waals surface area contributed by atoms with Gasteiger partial charge in [0, 0.05) is 6.20 Å². The third-order valence-corrected chi connectivity index (χ3v) is 3.68. The Labute approximate surface area is 131 Å². The van der Waals surface area contributed by atoms with E-state index in [9.17, 15) is 4.39 Å². The average Bonchev–Trinajstić information content (AvgIpc) is 2.80. The van der Waals surface area contributed by atoms with E-state index in [2.05, 4.69) is 9.97 Å². The summed E-state index contributed by atoms with van der Waals surface area (Å²) in [5, 5.41) is 0.0514. The first-order chi connectivity index (χ1) is 9.97. The summed E-state index contributed by atoms with van der Waals surface area (Å²) < 4.78 is 15.3. The fraction of sp³-hybridized carbons (Fsp3) is 0.200. The van der Waals surface area contributed by atoms with E-state index in [4.69, 9.17) is 23.2 Å². The van der Waals surface area contributed by atoms with Crippen LogP contribution in [-0.4, -0.2) is 14.5 Å². The van der Waals surface area contributed by atoms with Crippen LogP contribution < -0.4 is 0 Å². The molecule has 0 amide bonds. The Kier molecular flexibility index (Phi) is 3.59. The minimum Gasteiger partial charge on any atom is -0.278 e. The minimum absolute atomic E-state index is 0.362. The first-order valence-corrected chi connectivity index (χ1v) is 7.23. The van der Waals surface area contributed by atoms with Crippen LogP contribution in [0.5, 0.6) is 0 Å². The van der Waals surface area contributed by atoms with Gasteiger partial charge in [-0.1, -0.05) is 11.6 Å². The van der Waals surface area contributed by atoms with Crippen LogP contribution in [0.4, 0.5) is 4.39 Å². The molecule has 0 N–H and O–H groups in total. The molecule has 0 aliphatic carbocycles. The molecular weight excluding hydrogens is 312 g/mol. The summed E-state index contributed by atoms with van der Waals surface area (Å²) in [6, 6.07) is 6.09. The molecule has 0 fully saturated rings. The van der Waals surface area contributed by atoms with Crippen molar-refractivity contribution in [3.63, 3.8) is 0 Å². The summed E-state index contributed by atoms with van der Waals surface area (Å²) in [4.78, 5) is 8.90. The lowest BCUT2D eigenvalue weighted by Crippen LogP contribution is -2.04. The van der Waals surface area contributed by atoms with Gasteiger partial charge in [-0.05, 0) is 43.7 Å². The molecule has 21 heavy (non-hydrogen) atoms. The molecule has 108 valence electrons. The largest absolute Gasteiger partial charge is 0.278 e. The minimum atomic E-state index is -0.378. The van der Waals surface area contributed by atoms with Crippen LogP contribution in [0.25, 0.3) is 16.9 Å². The lowest BCUT2D eigenvalue weighted by Gasteiger charge is -2.11. The molecule has 1 unspecified atom stereocenters. The number of hydrogen-bond donors (Lipinski definition) is 0. The Morgan fingerprint density at radius 1 is 1.29 bits per heavy atom. The zero-order chi connectivity index (χ0) is 15.1. The molecule has 3 nitrogen and oxygen atoms in total. The predicted molar refractivity (Wildman–Crippen MR) is 82.8 cm³/mol. The van der Waals surface area contributed by atoms with Crippen LogP contribution in [0.2, 0.25) is 5.02 Å². The first kappa shape index (κ1) is 14.3. The van der Waals surface area contributed by atoms with Crippen LogP contribution >= 0.6 is 23.2 Å². The molecule has 0 radical (unpaired) electrons. The van der Waals surface area contributed by atoms with E-state index in [0.29, 0.717) is 27.7 Å². The van der Waals surface area contributed by atoms with E-state index in [0.717, 1.165) is 5.56 Å². The standard InChI is InChI=1S/C15H12Cl2FN3/c1-8-5-12-15(19-7-8)21(14(20-12)9(2)16)13-6-10(18)3-4-11(13)17/h3-7,9H,1-2H3. The predicted octanol–water partition coefficient (Wildman–Crippen LogP) is 4.82. The number of aryl methyl sites for hydroxylation is 1. The maximum Gasteiger partial charge on any atom is 0.164 e. The van der Waals surface area contributed by atoms with Crippen molar-refractivity contribution in [3.8, 4) is 5.69 Å². The van der Waals surface area contributed by atoms with Crippen molar-refractivity contribution in [2.24, 2.45) is 0 Å². The monoisotopic (exact) mass is 323 g/mol. The van der Waals surface area contributed by atoms with Crippen LogP contribution in [0, 0.1) is 12.7 Å². The molecule has 6 heteroatoms. The second-order valence-electron chi connectivity index (χ2n) is 4.87. The number of fused-ring (bicyclic) bond motifs is 1. The summed E-state index contributed by atoms with van der Waals surface area (Å²) in [6.45, 7) is 3.74. The Balaban J connectivity index is 2.39. The summed E-state index contributed by atoms with van der Waals surface area (Å²) in [6.07, 6.45) is 1.73. The van der Waals surface area contributed by atoms with Crippen molar-refractivity contribution in [3.05, 3.63) is 52.7 Å². The fourth-order valence-electron chi connectivity index (χ4n) is 2.24. The second kappa shape index (κ2) is 5.28. The highest BCUT2D eigenvalue weighted by Gasteiger charge is 2.19. The van der Waals surface area contributed by atoms with E-state index < -0.39 is 0 Å². The smallest absolute Gasteiger partial charge is 0.164 e. The Morgan fingerprint density at radius 2 is 2.05 bits per heavy atom. The molecule has 0 spiro atoms. The SMILES string of the molecule is Cc1cnc2c(c1)nc(C(C)Cl)n2-c1cc(F)ccc1Cl. The van der Waals surface area contributed by atoms with Gasteiger partial charge in [0.25, 0.3) is 0 Å².